The molecule has 0 spiro atoms. The third kappa shape index (κ3) is 5.37. The van der Waals surface area contributed by atoms with Crippen LogP contribution in [0.15, 0.2) is 35.4 Å². The van der Waals surface area contributed by atoms with Crippen LogP contribution in [0.5, 0.6) is 5.88 Å². The summed E-state index contributed by atoms with van der Waals surface area (Å²) >= 11 is 1.49. The summed E-state index contributed by atoms with van der Waals surface area (Å²) in [6.07, 6.45) is 2.94. The molecule has 0 radical (unpaired) electrons. The van der Waals surface area contributed by atoms with Gasteiger partial charge in [0.1, 0.15) is 11.6 Å². The van der Waals surface area contributed by atoms with E-state index >= 15 is 0 Å². The minimum atomic E-state index is -0.434. The highest BCUT2D eigenvalue weighted by Gasteiger charge is 2.28. The number of halogens is 1. The van der Waals surface area contributed by atoms with E-state index in [9.17, 15) is 9.18 Å². The molecule has 0 saturated carbocycles. The van der Waals surface area contributed by atoms with Gasteiger partial charge in [0, 0.05) is 30.3 Å². The van der Waals surface area contributed by atoms with Gasteiger partial charge in [-0.3, -0.25) is 9.78 Å². The largest absolute Gasteiger partial charge is 0.481 e. The van der Waals surface area contributed by atoms with Gasteiger partial charge in [-0.15, -0.1) is 11.8 Å². The number of methoxy groups -OCH3 is 1. The van der Waals surface area contributed by atoms with E-state index < -0.39 is 5.82 Å². The van der Waals surface area contributed by atoms with E-state index in [1.54, 1.807) is 12.1 Å². The van der Waals surface area contributed by atoms with Gasteiger partial charge in [-0.2, -0.15) is 0 Å². The highest BCUT2D eigenvalue weighted by molar-refractivity contribution is 8.00. The van der Waals surface area contributed by atoms with Crippen LogP contribution in [0.3, 0.4) is 0 Å². The van der Waals surface area contributed by atoms with E-state index in [2.05, 4.69) is 25.6 Å². The number of rotatable bonds is 7. The molecule has 2 aliphatic heterocycles. The molecule has 5 rings (SSSR count). The number of thioether (sulfide) groups is 1. The number of aromatic nitrogens is 3. The molecule has 5 heterocycles. The summed E-state index contributed by atoms with van der Waals surface area (Å²) in [6.45, 7) is 1.07. The first kappa shape index (κ1) is 23.9. The molecule has 1 saturated heterocycles. The van der Waals surface area contributed by atoms with Crippen molar-refractivity contribution in [2.24, 2.45) is 5.73 Å². The molecule has 3 aromatic heterocycles. The van der Waals surface area contributed by atoms with Crippen molar-refractivity contribution in [2.75, 3.05) is 24.8 Å². The van der Waals surface area contributed by atoms with Crippen LogP contribution in [-0.2, 0) is 22.5 Å². The fourth-order valence-electron chi connectivity index (χ4n) is 4.37. The highest BCUT2D eigenvalue weighted by atomic mass is 32.2. The van der Waals surface area contributed by atoms with Crippen molar-refractivity contribution in [3.8, 4) is 5.88 Å². The van der Waals surface area contributed by atoms with Crippen LogP contribution in [0.1, 0.15) is 24.1 Å². The van der Waals surface area contributed by atoms with E-state index in [-0.39, 0.29) is 30.5 Å². The summed E-state index contributed by atoms with van der Waals surface area (Å²) in [5.41, 5.74) is 8.79. The lowest BCUT2D eigenvalue weighted by Crippen LogP contribution is -2.47. The third-order valence-electron chi connectivity index (χ3n) is 6.28. The Hall–Kier alpha value is -2.86. The standard InChI is InChI=1S/C24H27FN6O3S/c1-33-22-7-4-18-23(31-22)15(16(25)10-28-18)8-17(26)19-5-2-14(11-34-19)27-9-13-3-6-20-24(29-13)30-21(32)12-35-20/h3-4,6-7,10,14,17,19,27H,2,5,8-9,11-12,26H2,1H3,(H,29,30,32)/t14-,17-,19+/m1/s1. The lowest BCUT2D eigenvalue weighted by atomic mass is 9.94. The molecule has 0 aromatic carbocycles. The topological polar surface area (TPSA) is 124 Å². The Bertz CT molecular complexity index is 1240. The molecule has 3 aromatic rings. The van der Waals surface area contributed by atoms with Crippen LogP contribution in [0.25, 0.3) is 11.0 Å². The van der Waals surface area contributed by atoms with E-state index in [4.69, 9.17) is 15.2 Å². The number of pyridine rings is 3. The monoisotopic (exact) mass is 498 g/mol. The Morgan fingerprint density at radius 3 is 3.00 bits per heavy atom. The van der Waals surface area contributed by atoms with Gasteiger partial charge in [0.15, 0.2) is 0 Å². The highest BCUT2D eigenvalue weighted by Crippen LogP contribution is 2.30. The van der Waals surface area contributed by atoms with Gasteiger partial charge in [-0.05, 0) is 37.5 Å². The number of carbonyl (C=O) groups excluding carboxylic acids is 1. The predicted octanol–water partition coefficient (Wildman–Crippen LogP) is 2.42. The van der Waals surface area contributed by atoms with Crippen molar-refractivity contribution in [1.29, 1.82) is 0 Å². The van der Waals surface area contributed by atoms with Crippen molar-refractivity contribution in [3.63, 3.8) is 0 Å². The maximum absolute atomic E-state index is 14.7. The number of amides is 1. The van der Waals surface area contributed by atoms with Crippen molar-refractivity contribution in [3.05, 3.63) is 47.5 Å². The predicted molar refractivity (Wildman–Crippen MR) is 131 cm³/mol. The molecule has 9 nitrogen and oxygen atoms in total. The summed E-state index contributed by atoms with van der Waals surface area (Å²) < 4.78 is 25.9. The molecule has 184 valence electrons. The van der Waals surface area contributed by atoms with Crippen LogP contribution in [0, 0.1) is 5.82 Å². The fraction of sp³-hybridized carbons (Fsp3) is 0.417. The zero-order chi connectivity index (χ0) is 24.4. The maximum atomic E-state index is 14.7. The number of nitrogens with zero attached hydrogens (tertiary/aromatic N) is 3. The summed E-state index contributed by atoms with van der Waals surface area (Å²) in [5.74, 6) is 0.981. The molecule has 1 amide bonds. The second-order valence-electron chi connectivity index (χ2n) is 8.69. The van der Waals surface area contributed by atoms with Crippen molar-refractivity contribution in [1.82, 2.24) is 20.3 Å². The number of anilines is 1. The lowest BCUT2D eigenvalue weighted by molar-refractivity contribution is -0.113. The summed E-state index contributed by atoms with van der Waals surface area (Å²) in [4.78, 5) is 25.7. The minimum absolute atomic E-state index is 0.0299. The summed E-state index contributed by atoms with van der Waals surface area (Å²) in [6, 6.07) is 7.19. The van der Waals surface area contributed by atoms with Crippen molar-refractivity contribution in [2.45, 2.75) is 48.9 Å². The molecule has 4 N–H and O–H groups in total. The number of hydrogen-bond acceptors (Lipinski definition) is 9. The molecule has 3 atom stereocenters. The van der Waals surface area contributed by atoms with Gasteiger partial charge in [0.2, 0.25) is 11.8 Å². The van der Waals surface area contributed by atoms with Crippen LogP contribution < -0.4 is 21.1 Å². The molecular formula is C24H27FN6O3S. The fourth-order valence-corrected chi connectivity index (χ4v) is 5.13. The Labute approximate surface area is 206 Å². The minimum Gasteiger partial charge on any atom is -0.481 e. The van der Waals surface area contributed by atoms with Gasteiger partial charge in [-0.25, -0.2) is 14.4 Å². The molecule has 2 aliphatic rings. The zero-order valence-corrected chi connectivity index (χ0v) is 20.1. The first-order chi connectivity index (χ1) is 17.0. The second kappa shape index (κ2) is 10.4. The van der Waals surface area contributed by atoms with Gasteiger partial charge >= 0.3 is 0 Å². The second-order valence-corrected chi connectivity index (χ2v) is 9.70. The van der Waals surface area contributed by atoms with E-state index in [1.165, 1.54) is 25.1 Å². The Balaban J connectivity index is 1.16. The van der Waals surface area contributed by atoms with Gasteiger partial charge < -0.3 is 25.8 Å². The van der Waals surface area contributed by atoms with E-state index in [0.717, 1.165) is 23.4 Å². The summed E-state index contributed by atoms with van der Waals surface area (Å²) in [5, 5.41) is 6.29. The van der Waals surface area contributed by atoms with Crippen LogP contribution in [-0.4, -0.2) is 58.5 Å². The van der Waals surface area contributed by atoms with E-state index in [0.29, 0.717) is 47.2 Å². The number of nitrogens with one attached hydrogen (secondary N) is 2. The van der Waals surface area contributed by atoms with E-state index in [1.807, 2.05) is 12.1 Å². The molecule has 0 aliphatic carbocycles. The average Bonchev–Trinajstić information content (AvgIpc) is 2.88. The number of hydrogen-bond donors (Lipinski definition) is 3. The number of ether oxygens (including phenoxy) is 2. The summed E-state index contributed by atoms with van der Waals surface area (Å²) in [7, 11) is 1.52. The van der Waals surface area contributed by atoms with Crippen LogP contribution >= 0.6 is 11.8 Å². The molecule has 35 heavy (non-hydrogen) atoms. The molecule has 11 heteroatoms. The number of carbonyl (C=O) groups is 1. The quantitative estimate of drug-likeness (QED) is 0.450. The Morgan fingerprint density at radius 2 is 2.20 bits per heavy atom. The molecular weight excluding hydrogens is 471 g/mol. The van der Waals surface area contributed by atoms with Crippen molar-refractivity contribution < 1.29 is 18.7 Å². The van der Waals surface area contributed by atoms with Gasteiger partial charge in [0.25, 0.3) is 0 Å². The first-order valence-corrected chi connectivity index (χ1v) is 12.5. The normalized spacial score (nSPS) is 20.8. The molecule has 0 unspecified atom stereocenters. The van der Waals surface area contributed by atoms with Crippen LogP contribution in [0.2, 0.25) is 0 Å². The average molecular weight is 499 g/mol. The maximum Gasteiger partial charge on any atom is 0.235 e. The third-order valence-corrected chi connectivity index (χ3v) is 7.33. The van der Waals surface area contributed by atoms with Gasteiger partial charge in [-0.1, -0.05) is 0 Å². The van der Waals surface area contributed by atoms with Crippen LogP contribution in [0.4, 0.5) is 10.2 Å². The first-order valence-electron chi connectivity index (χ1n) is 11.5. The number of nitrogens with two attached hydrogens (primary N) is 1. The molecule has 1 fully saturated rings. The number of fused-ring (bicyclic) bond motifs is 2. The molecule has 0 bridgehead atoms. The van der Waals surface area contributed by atoms with Crippen molar-refractivity contribution >= 4 is 34.5 Å². The zero-order valence-electron chi connectivity index (χ0n) is 19.3. The Morgan fingerprint density at radius 1 is 1.31 bits per heavy atom. The lowest BCUT2D eigenvalue weighted by Gasteiger charge is -2.33. The van der Waals surface area contributed by atoms with Gasteiger partial charge in [0.05, 0.1) is 53.4 Å². The smallest absolute Gasteiger partial charge is 0.235 e. The SMILES string of the molecule is COc1ccc2ncc(F)c(C[C@@H](N)[C@@H]3CC[C@@H](NCc4ccc5c(n4)NC(=O)CS5)CO3)c2n1. The Kier molecular flexibility index (Phi) is 7.09.